The Labute approximate surface area is 153 Å². The predicted molar refractivity (Wildman–Crippen MR) is 96.4 cm³/mol. The molecule has 1 N–H and O–H groups in total. The standard InChI is InChI=1S/C17H22ClN3O3S/c1-4-24-14-9-11(2)13(18)10-15(14)25(22,23)20-16(12-5-6-12)17-19-7-8-21(17)3/h7-10,12,16,20H,4-6H2,1-3H3. The summed E-state index contributed by atoms with van der Waals surface area (Å²) < 4.78 is 36.3. The summed E-state index contributed by atoms with van der Waals surface area (Å²) in [6.07, 6.45) is 5.45. The number of nitrogens with one attached hydrogen (secondary N) is 1. The maximum absolute atomic E-state index is 13.1. The molecular weight excluding hydrogens is 362 g/mol. The van der Waals surface area contributed by atoms with Gasteiger partial charge in [-0.05, 0) is 50.3 Å². The molecule has 1 saturated carbocycles. The molecule has 1 aromatic carbocycles. The van der Waals surface area contributed by atoms with Crippen molar-refractivity contribution in [2.24, 2.45) is 13.0 Å². The second-order valence-electron chi connectivity index (χ2n) is 6.31. The highest BCUT2D eigenvalue weighted by atomic mass is 35.5. The number of hydrogen-bond acceptors (Lipinski definition) is 4. The minimum Gasteiger partial charge on any atom is -0.492 e. The van der Waals surface area contributed by atoms with Crippen LogP contribution in [-0.4, -0.2) is 24.6 Å². The van der Waals surface area contributed by atoms with Crippen LogP contribution in [0.3, 0.4) is 0 Å². The van der Waals surface area contributed by atoms with Crippen molar-refractivity contribution in [3.05, 3.63) is 40.9 Å². The van der Waals surface area contributed by atoms with E-state index in [4.69, 9.17) is 16.3 Å². The Bertz CT molecular complexity index is 875. The number of benzene rings is 1. The van der Waals surface area contributed by atoms with Gasteiger partial charge in [0, 0.05) is 24.5 Å². The van der Waals surface area contributed by atoms with E-state index in [0.717, 1.165) is 18.4 Å². The fourth-order valence-electron chi connectivity index (χ4n) is 2.81. The molecule has 0 spiro atoms. The topological polar surface area (TPSA) is 73.2 Å². The van der Waals surface area contributed by atoms with E-state index in [1.165, 1.54) is 6.07 Å². The van der Waals surface area contributed by atoms with Crippen molar-refractivity contribution < 1.29 is 13.2 Å². The average Bonchev–Trinajstić information content (AvgIpc) is 3.30. The molecule has 0 aliphatic heterocycles. The molecule has 1 heterocycles. The molecule has 1 aliphatic carbocycles. The van der Waals surface area contributed by atoms with Crippen molar-refractivity contribution in [1.82, 2.24) is 14.3 Å². The first-order chi connectivity index (χ1) is 11.8. The number of aromatic nitrogens is 2. The number of rotatable bonds is 7. The lowest BCUT2D eigenvalue weighted by Gasteiger charge is -2.20. The molecule has 1 aliphatic rings. The van der Waals surface area contributed by atoms with Crippen molar-refractivity contribution in [1.29, 1.82) is 0 Å². The highest BCUT2D eigenvalue weighted by Crippen LogP contribution is 2.42. The van der Waals surface area contributed by atoms with Crippen molar-refractivity contribution >= 4 is 21.6 Å². The van der Waals surface area contributed by atoms with Crippen LogP contribution in [0.1, 0.15) is 37.2 Å². The van der Waals surface area contributed by atoms with Crippen molar-refractivity contribution in [2.75, 3.05) is 6.61 Å². The molecule has 0 saturated heterocycles. The molecule has 1 aromatic heterocycles. The third-order valence-electron chi connectivity index (χ3n) is 4.33. The molecule has 25 heavy (non-hydrogen) atoms. The van der Waals surface area contributed by atoms with E-state index in [0.29, 0.717) is 23.2 Å². The minimum atomic E-state index is -3.81. The Morgan fingerprint density at radius 1 is 1.44 bits per heavy atom. The zero-order valence-corrected chi connectivity index (χ0v) is 16.1. The third-order valence-corrected chi connectivity index (χ3v) is 6.20. The number of nitrogens with zero attached hydrogens (tertiary/aromatic N) is 2. The van der Waals surface area contributed by atoms with E-state index >= 15 is 0 Å². The maximum Gasteiger partial charge on any atom is 0.244 e. The first-order valence-corrected chi connectivity index (χ1v) is 10.1. The number of aryl methyl sites for hydroxylation is 2. The van der Waals surface area contributed by atoms with Crippen LogP contribution in [0.5, 0.6) is 5.75 Å². The minimum absolute atomic E-state index is 0.0600. The quantitative estimate of drug-likeness (QED) is 0.796. The lowest BCUT2D eigenvalue weighted by atomic mass is 10.2. The Morgan fingerprint density at radius 2 is 2.16 bits per heavy atom. The zero-order valence-electron chi connectivity index (χ0n) is 14.5. The molecule has 0 amide bonds. The van der Waals surface area contributed by atoms with Crippen molar-refractivity contribution in [3.8, 4) is 5.75 Å². The second kappa shape index (κ2) is 6.97. The van der Waals surface area contributed by atoms with Gasteiger partial charge in [-0.2, -0.15) is 0 Å². The highest BCUT2D eigenvalue weighted by Gasteiger charge is 2.38. The number of hydrogen-bond donors (Lipinski definition) is 1. The van der Waals surface area contributed by atoms with E-state index in [9.17, 15) is 8.42 Å². The van der Waals surface area contributed by atoms with E-state index in [2.05, 4.69) is 9.71 Å². The second-order valence-corrected chi connectivity index (χ2v) is 8.40. The van der Waals surface area contributed by atoms with Crippen LogP contribution in [0.2, 0.25) is 5.02 Å². The Kier molecular flexibility index (Phi) is 5.09. The number of imidazole rings is 1. The molecule has 8 heteroatoms. The molecule has 1 atom stereocenters. The molecule has 3 rings (SSSR count). The van der Waals surface area contributed by atoms with Crippen molar-refractivity contribution in [3.63, 3.8) is 0 Å². The van der Waals surface area contributed by atoms with Crippen LogP contribution < -0.4 is 9.46 Å². The van der Waals surface area contributed by atoms with Gasteiger partial charge in [0.2, 0.25) is 10.0 Å². The fourth-order valence-corrected chi connectivity index (χ4v) is 4.46. The Balaban J connectivity index is 1.98. The molecule has 2 aromatic rings. The monoisotopic (exact) mass is 383 g/mol. The summed E-state index contributed by atoms with van der Waals surface area (Å²) in [5.74, 6) is 1.28. The molecule has 1 unspecified atom stereocenters. The van der Waals surface area contributed by atoms with E-state index in [1.54, 1.807) is 12.3 Å². The summed E-state index contributed by atoms with van der Waals surface area (Å²) in [6.45, 7) is 4.00. The number of sulfonamides is 1. The van der Waals surface area contributed by atoms with Gasteiger partial charge in [0.1, 0.15) is 16.5 Å². The largest absolute Gasteiger partial charge is 0.492 e. The van der Waals surface area contributed by atoms with Crippen LogP contribution in [-0.2, 0) is 17.1 Å². The summed E-state index contributed by atoms with van der Waals surface area (Å²) >= 11 is 6.16. The van der Waals surface area contributed by atoms with Gasteiger partial charge in [0.15, 0.2) is 0 Å². The molecule has 0 bridgehead atoms. The molecule has 6 nitrogen and oxygen atoms in total. The lowest BCUT2D eigenvalue weighted by Crippen LogP contribution is -2.32. The van der Waals surface area contributed by atoms with Gasteiger partial charge in [0.25, 0.3) is 0 Å². The first kappa shape index (κ1) is 18.2. The normalized spacial score (nSPS) is 16.0. The van der Waals surface area contributed by atoms with Gasteiger partial charge in [0.05, 0.1) is 12.6 Å². The van der Waals surface area contributed by atoms with Crippen LogP contribution in [0.15, 0.2) is 29.4 Å². The van der Waals surface area contributed by atoms with E-state index < -0.39 is 10.0 Å². The van der Waals surface area contributed by atoms with Crippen LogP contribution in [0.4, 0.5) is 0 Å². The summed E-state index contributed by atoms with van der Waals surface area (Å²) in [5.41, 5.74) is 0.770. The van der Waals surface area contributed by atoms with Gasteiger partial charge in [-0.15, -0.1) is 0 Å². The van der Waals surface area contributed by atoms with E-state index in [1.807, 2.05) is 31.7 Å². The fraction of sp³-hybridized carbons (Fsp3) is 0.471. The zero-order chi connectivity index (χ0) is 18.2. The SMILES string of the molecule is CCOc1cc(C)c(Cl)cc1S(=O)(=O)NC(c1nccn1C)C1CC1. The van der Waals surface area contributed by atoms with E-state index in [-0.39, 0.29) is 16.9 Å². The maximum atomic E-state index is 13.1. The molecule has 136 valence electrons. The lowest BCUT2D eigenvalue weighted by molar-refractivity contribution is 0.330. The summed E-state index contributed by atoms with van der Waals surface area (Å²) in [6, 6.07) is 2.75. The molecular formula is C17H22ClN3O3S. The smallest absolute Gasteiger partial charge is 0.244 e. The molecule has 1 fully saturated rings. The van der Waals surface area contributed by atoms with Gasteiger partial charge in [-0.25, -0.2) is 18.1 Å². The van der Waals surface area contributed by atoms with Gasteiger partial charge >= 0.3 is 0 Å². The van der Waals surface area contributed by atoms with Gasteiger partial charge in [-0.1, -0.05) is 11.6 Å². The highest BCUT2D eigenvalue weighted by molar-refractivity contribution is 7.89. The average molecular weight is 384 g/mol. The number of ether oxygens (including phenoxy) is 1. The Morgan fingerprint density at radius 3 is 2.72 bits per heavy atom. The summed E-state index contributed by atoms with van der Waals surface area (Å²) in [7, 11) is -1.95. The van der Waals surface area contributed by atoms with Gasteiger partial charge in [-0.3, -0.25) is 0 Å². The van der Waals surface area contributed by atoms with Crippen LogP contribution in [0, 0.1) is 12.8 Å². The molecule has 0 radical (unpaired) electrons. The Hall–Kier alpha value is -1.57. The van der Waals surface area contributed by atoms with Crippen molar-refractivity contribution in [2.45, 2.75) is 37.6 Å². The summed E-state index contributed by atoms with van der Waals surface area (Å²) in [4.78, 5) is 4.38. The first-order valence-electron chi connectivity index (χ1n) is 8.26. The van der Waals surface area contributed by atoms with Gasteiger partial charge < -0.3 is 9.30 Å². The summed E-state index contributed by atoms with van der Waals surface area (Å²) in [5, 5.41) is 0.392. The third kappa shape index (κ3) is 3.83. The van der Waals surface area contributed by atoms with Crippen LogP contribution in [0.25, 0.3) is 0 Å². The van der Waals surface area contributed by atoms with Crippen LogP contribution >= 0.6 is 11.6 Å². The number of halogens is 1. The predicted octanol–water partition coefficient (Wildman–Crippen LogP) is 3.21.